The molecule has 2 rings (SSSR count). The summed E-state index contributed by atoms with van der Waals surface area (Å²) < 4.78 is 16.1. The van der Waals surface area contributed by atoms with E-state index in [1.54, 1.807) is 6.07 Å². The molecule has 1 heterocycles. The third-order valence-electron chi connectivity index (χ3n) is 3.80. The molecule has 2 N–H and O–H groups in total. The molecule has 7 heteroatoms. The summed E-state index contributed by atoms with van der Waals surface area (Å²) >= 11 is 0. The molecular weight excluding hydrogens is 328 g/mol. The van der Waals surface area contributed by atoms with Crippen LogP contribution >= 0.6 is 0 Å². The first-order chi connectivity index (χ1) is 12.0. The fourth-order valence-electron chi connectivity index (χ4n) is 2.49. The van der Waals surface area contributed by atoms with Crippen LogP contribution in [0.2, 0.25) is 0 Å². The molecule has 0 saturated heterocycles. The van der Waals surface area contributed by atoms with E-state index in [2.05, 4.69) is 6.92 Å². The molecule has 2 aromatic rings. The number of unbranched alkanes of at least 4 members (excludes halogenated alkanes) is 1. The molecule has 0 aliphatic heterocycles. The molecule has 0 aliphatic rings. The molecular formula is C18H22O7. The molecule has 0 radical (unpaired) electrons. The van der Waals surface area contributed by atoms with Gasteiger partial charge in [-0.2, -0.15) is 0 Å². The van der Waals surface area contributed by atoms with Crippen LogP contribution in [0.5, 0.6) is 17.2 Å². The average molecular weight is 350 g/mol. The minimum absolute atomic E-state index is 0.0966. The summed E-state index contributed by atoms with van der Waals surface area (Å²) in [5.41, 5.74) is -0.685. The lowest BCUT2D eigenvalue weighted by molar-refractivity contribution is -0.139. The first-order valence-electron chi connectivity index (χ1n) is 8.27. The van der Waals surface area contributed by atoms with Gasteiger partial charge in [0.2, 0.25) is 5.75 Å². The predicted molar refractivity (Wildman–Crippen MR) is 91.5 cm³/mol. The van der Waals surface area contributed by atoms with Gasteiger partial charge in [-0.25, -0.2) is 9.59 Å². The number of carboxylic acids is 1. The van der Waals surface area contributed by atoms with Crippen LogP contribution in [-0.2, 0) is 4.79 Å². The van der Waals surface area contributed by atoms with E-state index in [0.29, 0.717) is 6.42 Å². The summed E-state index contributed by atoms with van der Waals surface area (Å²) in [4.78, 5) is 22.9. The topological polar surface area (TPSA) is 106 Å². The van der Waals surface area contributed by atoms with Crippen molar-refractivity contribution in [1.29, 1.82) is 0 Å². The molecule has 1 aromatic heterocycles. The zero-order chi connectivity index (χ0) is 18.4. The van der Waals surface area contributed by atoms with Crippen LogP contribution in [0.15, 0.2) is 27.4 Å². The molecule has 1 atom stereocenters. The second-order valence-corrected chi connectivity index (χ2v) is 5.67. The molecule has 0 spiro atoms. The third-order valence-corrected chi connectivity index (χ3v) is 3.80. The smallest absolute Gasteiger partial charge is 0.383 e. The number of hydrogen-bond donors (Lipinski definition) is 2. The largest absolute Gasteiger partial charge is 0.503 e. The lowest BCUT2D eigenvalue weighted by Crippen LogP contribution is -2.19. The van der Waals surface area contributed by atoms with Gasteiger partial charge in [-0.05, 0) is 25.0 Å². The second-order valence-electron chi connectivity index (χ2n) is 5.67. The molecule has 0 bridgehead atoms. The first kappa shape index (κ1) is 18.6. The lowest BCUT2D eigenvalue weighted by atomic mass is 10.1. The Morgan fingerprint density at radius 2 is 2.08 bits per heavy atom. The molecule has 136 valence electrons. The van der Waals surface area contributed by atoms with Crippen LogP contribution in [0.3, 0.4) is 0 Å². The Morgan fingerprint density at radius 1 is 1.32 bits per heavy atom. The van der Waals surface area contributed by atoms with E-state index in [1.165, 1.54) is 12.1 Å². The summed E-state index contributed by atoms with van der Waals surface area (Å²) in [6.45, 7) is 3.41. The third kappa shape index (κ3) is 4.43. The Hall–Kier alpha value is -2.70. The quantitative estimate of drug-likeness (QED) is 0.668. The van der Waals surface area contributed by atoms with Crippen molar-refractivity contribution >= 4 is 16.9 Å². The van der Waals surface area contributed by atoms with Crippen LogP contribution in [0.4, 0.5) is 0 Å². The Kier molecular flexibility index (Phi) is 6.27. The molecule has 0 fully saturated rings. The van der Waals surface area contributed by atoms with Gasteiger partial charge in [-0.1, -0.05) is 32.8 Å². The van der Waals surface area contributed by atoms with Gasteiger partial charge in [0.05, 0.1) is 6.10 Å². The van der Waals surface area contributed by atoms with Crippen molar-refractivity contribution in [1.82, 2.24) is 0 Å². The van der Waals surface area contributed by atoms with Gasteiger partial charge in [0.15, 0.2) is 12.4 Å². The van der Waals surface area contributed by atoms with Gasteiger partial charge in [-0.15, -0.1) is 0 Å². The van der Waals surface area contributed by atoms with E-state index in [1.807, 2.05) is 6.92 Å². The average Bonchev–Trinajstić information content (AvgIpc) is 2.59. The van der Waals surface area contributed by atoms with Crippen LogP contribution in [-0.4, -0.2) is 28.9 Å². The maximum Gasteiger partial charge on any atom is 0.383 e. The zero-order valence-electron chi connectivity index (χ0n) is 14.3. The van der Waals surface area contributed by atoms with Crippen molar-refractivity contribution < 1.29 is 28.9 Å². The molecule has 7 nitrogen and oxygen atoms in total. The van der Waals surface area contributed by atoms with E-state index in [9.17, 15) is 14.7 Å². The van der Waals surface area contributed by atoms with Crippen molar-refractivity contribution in [2.45, 2.75) is 45.6 Å². The molecule has 1 aromatic carbocycles. The molecule has 0 aliphatic carbocycles. The highest BCUT2D eigenvalue weighted by atomic mass is 16.5. The number of ether oxygens (including phenoxy) is 2. The van der Waals surface area contributed by atoms with Crippen LogP contribution in [0.1, 0.15) is 39.5 Å². The number of aromatic hydroxyl groups is 1. The minimum Gasteiger partial charge on any atom is -0.503 e. The molecule has 0 amide bonds. The van der Waals surface area contributed by atoms with Gasteiger partial charge < -0.3 is 24.1 Å². The number of carbonyl (C=O) groups is 1. The fourth-order valence-corrected chi connectivity index (χ4v) is 2.49. The summed E-state index contributed by atoms with van der Waals surface area (Å²) in [5.74, 6) is -1.73. The summed E-state index contributed by atoms with van der Waals surface area (Å²) in [6.07, 6.45) is 3.13. The number of fused-ring (bicyclic) bond motifs is 1. The van der Waals surface area contributed by atoms with Crippen molar-refractivity contribution in [3.05, 3.63) is 28.6 Å². The van der Waals surface area contributed by atoms with Crippen molar-refractivity contribution in [3.63, 3.8) is 0 Å². The molecule has 0 saturated carbocycles. The van der Waals surface area contributed by atoms with Crippen molar-refractivity contribution in [2.75, 3.05) is 6.61 Å². The van der Waals surface area contributed by atoms with E-state index < -0.39 is 24.0 Å². The van der Waals surface area contributed by atoms with Gasteiger partial charge in [0.1, 0.15) is 16.7 Å². The number of aliphatic carboxylic acids is 1. The summed E-state index contributed by atoms with van der Waals surface area (Å²) in [5, 5.41) is 19.4. The van der Waals surface area contributed by atoms with Gasteiger partial charge in [-0.3, -0.25) is 0 Å². The Balaban J connectivity index is 2.45. The highest BCUT2D eigenvalue weighted by molar-refractivity contribution is 5.91. The van der Waals surface area contributed by atoms with Crippen LogP contribution < -0.4 is 15.1 Å². The van der Waals surface area contributed by atoms with E-state index >= 15 is 0 Å². The standard InChI is InChI=1S/C18H22O7/c1-3-5-7-11(4-2)24-17-16(21)15-12(23-10-14(19)20)8-6-9-13(15)25-18(17)22/h6,8-9,11,21H,3-5,7,10H2,1-2H3,(H,19,20). The van der Waals surface area contributed by atoms with E-state index in [-0.39, 0.29) is 28.6 Å². The van der Waals surface area contributed by atoms with Crippen molar-refractivity contribution in [2.24, 2.45) is 0 Å². The highest BCUT2D eigenvalue weighted by Crippen LogP contribution is 2.38. The Bertz CT molecular complexity index is 794. The summed E-state index contributed by atoms with van der Waals surface area (Å²) in [6, 6.07) is 4.52. The fraction of sp³-hybridized carbons (Fsp3) is 0.444. The summed E-state index contributed by atoms with van der Waals surface area (Å²) in [7, 11) is 0. The normalized spacial score (nSPS) is 12.1. The lowest BCUT2D eigenvalue weighted by Gasteiger charge is -2.18. The number of carboxylic acid groups (broad SMARTS) is 1. The van der Waals surface area contributed by atoms with Gasteiger partial charge >= 0.3 is 11.6 Å². The number of rotatable bonds is 9. The maximum absolute atomic E-state index is 12.2. The Morgan fingerprint density at radius 3 is 2.72 bits per heavy atom. The number of benzene rings is 1. The SMILES string of the molecule is CCCCC(CC)Oc1c(O)c2c(OCC(=O)O)cccc2oc1=O. The number of hydrogen-bond acceptors (Lipinski definition) is 6. The van der Waals surface area contributed by atoms with E-state index in [4.69, 9.17) is 19.0 Å². The minimum atomic E-state index is -1.16. The zero-order valence-corrected chi connectivity index (χ0v) is 14.3. The van der Waals surface area contributed by atoms with Crippen LogP contribution in [0, 0.1) is 0 Å². The molecule has 1 unspecified atom stereocenters. The van der Waals surface area contributed by atoms with Crippen molar-refractivity contribution in [3.8, 4) is 17.2 Å². The van der Waals surface area contributed by atoms with Gasteiger partial charge in [0.25, 0.3) is 0 Å². The van der Waals surface area contributed by atoms with E-state index in [0.717, 1.165) is 19.3 Å². The predicted octanol–water partition coefficient (Wildman–Crippen LogP) is 3.31. The second kappa shape index (κ2) is 8.41. The first-order valence-corrected chi connectivity index (χ1v) is 8.27. The monoisotopic (exact) mass is 350 g/mol. The van der Waals surface area contributed by atoms with Crippen LogP contribution in [0.25, 0.3) is 11.0 Å². The maximum atomic E-state index is 12.2. The highest BCUT2D eigenvalue weighted by Gasteiger charge is 2.21. The molecule has 25 heavy (non-hydrogen) atoms. The van der Waals surface area contributed by atoms with Gasteiger partial charge in [0, 0.05) is 0 Å². The Labute approximate surface area is 144 Å².